The van der Waals surface area contributed by atoms with Crippen molar-refractivity contribution in [1.82, 2.24) is 4.98 Å². The standard InChI is InChI=1S/C19H23F2N3OS/c1-11(2)8-16-22-12(3)18(26-16)19(25)23-13-9-14(20)17(15(21)10-13)24-6-4-5-7-24/h9-11H,4-8H2,1-3H3,(H,23,25). The molecule has 1 aliphatic rings. The van der Waals surface area contributed by atoms with Crippen LogP contribution in [0.1, 0.15) is 47.1 Å². The highest BCUT2D eigenvalue weighted by atomic mass is 32.1. The predicted octanol–water partition coefficient (Wildman–Crippen LogP) is 4.78. The zero-order valence-electron chi connectivity index (χ0n) is 15.2. The Bertz CT molecular complexity index is 790. The SMILES string of the molecule is Cc1nc(CC(C)C)sc1C(=O)Nc1cc(F)c(N2CCCC2)c(F)c1. The summed E-state index contributed by atoms with van der Waals surface area (Å²) in [4.78, 5) is 19.1. The van der Waals surface area contributed by atoms with E-state index in [2.05, 4.69) is 24.1 Å². The third-order valence-corrected chi connectivity index (χ3v) is 5.51. The van der Waals surface area contributed by atoms with Gasteiger partial charge in [-0.05, 0) is 37.8 Å². The summed E-state index contributed by atoms with van der Waals surface area (Å²) in [5, 5.41) is 3.49. The molecule has 7 heteroatoms. The first-order valence-corrected chi connectivity index (χ1v) is 9.68. The second-order valence-electron chi connectivity index (χ2n) is 7.06. The molecule has 0 atom stereocenters. The third-order valence-electron chi connectivity index (χ3n) is 4.33. The number of halogens is 2. The van der Waals surface area contributed by atoms with E-state index in [0.29, 0.717) is 29.6 Å². The monoisotopic (exact) mass is 379 g/mol. The van der Waals surface area contributed by atoms with Crippen molar-refractivity contribution >= 4 is 28.6 Å². The average Bonchev–Trinajstić information content (AvgIpc) is 3.16. The van der Waals surface area contributed by atoms with Crippen LogP contribution in [0.15, 0.2) is 12.1 Å². The Balaban J connectivity index is 1.78. The Morgan fingerprint density at radius 3 is 2.46 bits per heavy atom. The number of nitrogens with zero attached hydrogens (tertiary/aromatic N) is 2. The van der Waals surface area contributed by atoms with Gasteiger partial charge in [0.15, 0.2) is 11.6 Å². The summed E-state index contributed by atoms with van der Waals surface area (Å²) in [5.74, 6) is -1.24. The number of carbonyl (C=O) groups excluding carboxylic acids is 1. The van der Waals surface area contributed by atoms with Crippen LogP contribution in [-0.4, -0.2) is 24.0 Å². The van der Waals surface area contributed by atoms with Crippen LogP contribution in [0.2, 0.25) is 0 Å². The van der Waals surface area contributed by atoms with Crippen LogP contribution >= 0.6 is 11.3 Å². The van der Waals surface area contributed by atoms with Crippen LogP contribution in [0, 0.1) is 24.5 Å². The molecule has 1 amide bonds. The number of aromatic nitrogens is 1. The van der Waals surface area contributed by atoms with Gasteiger partial charge in [-0.15, -0.1) is 11.3 Å². The molecule has 0 aliphatic carbocycles. The lowest BCUT2D eigenvalue weighted by Crippen LogP contribution is -2.21. The van der Waals surface area contributed by atoms with Crippen LogP contribution in [0.25, 0.3) is 0 Å². The van der Waals surface area contributed by atoms with Gasteiger partial charge in [0, 0.05) is 25.2 Å². The minimum Gasteiger partial charge on any atom is -0.367 e. The number of hydrogen-bond acceptors (Lipinski definition) is 4. The van der Waals surface area contributed by atoms with E-state index in [1.54, 1.807) is 11.8 Å². The maximum absolute atomic E-state index is 14.4. The van der Waals surface area contributed by atoms with Gasteiger partial charge in [0.1, 0.15) is 10.6 Å². The molecule has 0 radical (unpaired) electrons. The summed E-state index contributed by atoms with van der Waals surface area (Å²) in [5.41, 5.74) is 0.748. The van der Waals surface area contributed by atoms with Crippen LogP contribution in [0.5, 0.6) is 0 Å². The lowest BCUT2D eigenvalue weighted by Gasteiger charge is -2.19. The van der Waals surface area contributed by atoms with E-state index < -0.39 is 11.6 Å². The normalized spacial score (nSPS) is 14.3. The number of rotatable bonds is 5. The number of nitrogens with one attached hydrogen (secondary N) is 1. The fourth-order valence-electron chi connectivity index (χ4n) is 3.17. The van der Waals surface area contributed by atoms with Crippen LogP contribution in [-0.2, 0) is 6.42 Å². The van der Waals surface area contributed by atoms with Gasteiger partial charge in [-0.3, -0.25) is 4.79 Å². The number of thiazole rings is 1. The number of carbonyl (C=O) groups is 1. The van der Waals surface area contributed by atoms with E-state index in [1.807, 2.05) is 0 Å². The molecule has 0 spiro atoms. The lowest BCUT2D eigenvalue weighted by molar-refractivity contribution is 0.103. The fraction of sp³-hybridized carbons (Fsp3) is 0.474. The number of benzene rings is 1. The minimum absolute atomic E-state index is 0.00584. The third kappa shape index (κ3) is 4.03. The molecule has 3 rings (SSSR count). The van der Waals surface area contributed by atoms with E-state index in [9.17, 15) is 13.6 Å². The van der Waals surface area contributed by atoms with Crippen molar-refractivity contribution < 1.29 is 13.6 Å². The second kappa shape index (κ2) is 7.70. The van der Waals surface area contributed by atoms with Crippen molar-refractivity contribution in [2.45, 2.75) is 40.0 Å². The Kier molecular flexibility index (Phi) is 5.55. The quantitative estimate of drug-likeness (QED) is 0.813. The number of aryl methyl sites for hydroxylation is 1. The second-order valence-corrected chi connectivity index (χ2v) is 8.14. The zero-order valence-corrected chi connectivity index (χ0v) is 16.1. The summed E-state index contributed by atoms with van der Waals surface area (Å²) >= 11 is 1.33. The topological polar surface area (TPSA) is 45.2 Å². The molecule has 140 valence electrons. The smallest absolute Gasteiger partial charge is 0.267 e. The van der Waals surface area contributed by atoms with E-state index in [-0.39, 0.29) is 17.3 Å². The van der Waals surface area contributed by atoms with E-state index in [0.717, 1.165) is 24.3 Å². The molecule has 1 fully saturated rings. The van der Waals surface area contributed by atoms with Gasteiger partial charge in [0.2, 0.25) is 0 Å². The molecule has 0 bridgehead atoms. The Hall–Kier alpha value is -2.02. The lowest BCUT2D eigenvalue weighted by atomic mass is 10.1. The van der Waals surface area contributed by atoms with Gasteiger partial charge in [0.25, 0.3) is 5.91 Å². The van der Waals surface area contributed by atoms with Crippen molar-refractivity contribution in [3.05, 3.63) is 39.3 Å². The van der Waals surface area contributed by atoms with Gasteiger partial charge in [-0.2, -0.15) is 0 Å². The Labute approximate surface area is 156 Å². The van der Waals surface area contributed by atoms with E-state index in [1.165, 1.54) is 23.5 Å². The number of hydrogen-bond donors (Lipinski definition) is 1. The molecular weight excluding hydrogens is 356 g/mol. The maximum Gasteiger partial charge on any atom is 0.267 e. The number of amides is 1. The predicted molar refractivity (Wildman–Crippen MR) is 101 cm³/mol. The first kappa shape index (κ1) is 18.8. The Morgan fingerprint density at radius 1 is 1.27 bits per heavy atom. The van der Waals surface area contributed by atoms with Crippen molar-refractivity contribution in [2.24, 2.45) is 5.92 Å². The highest BCUT2D eigenvalue weighted by Gasteiger charge is 2.22. The first-order chi connectivity index (χ1) is 12.3. The maximum atomic E-state index is 14.4. The van der Waals surface area contributed by atoms with Gasteiger partial charge in [-0.25, -0.2) is 13.8 Å². The number of anilines is 2. The summed E-state index contributed by atoms with van der Waals surface area (Å²) in [6.45, 7) is 7.25. The van der Waals surface area contributed by atoms with Crippen molar-refractivity contribution in [3.8, 4) is 0 Å². The van der Waals surface area contributed by atoms with Gasteiger partial charge >= 0.3 is 0 Å². The molecule has 1 aromatic heterocycles. The molecule has 26 heavy (non-hydrogen) atoms. The molecular formula is C19H23F2N3OS. The largest absolute Gasteiger partial charge is 0.367 e. The summed E-state index contributed by atoms with van der Waals surface area (Å²) in [6.07, 6.45) is 2.66. The molecule has 0 unspecified atom stereocenters. The van der Waals surface area contributed by atoms with E-state index in [4.69, 9.17) is 0 Å². The molecule has 1 N–H and O–H groups in total. The van der Waals surface area contributed by atoms with Crippen LogP contribution in [0.4, 0.5) is 20.2 Å². The molecule has 2 heterocycles. The highest BCUT2D eigenvalue weighted by molar-refractivity contribution is 7.13. The molecule has 2 aromatic rings. The fourth-order valence-corrected chi connectivity index (χ4v) is 4.34. The Morgan fingerprint density at radius 2 is 1.88 bits per heavy atom. The molecule has 1 saturated heterocycles. The first-order valence-electron chi connectivity index (χ1n) is 8.86. The van der Waals surface area contributed by atoms with Gasteiger partial charge < -0.3 is 10.2 Å². The minimum atomic E-state index is -0.649. The van der Waals surface area contributed by atoms with Gasteiger partial charge in [-0.1, -0.05) is 13.8 Å². The van der Waals surface area contributed by atoms with E-state index >= 15 is 0 Å². The summed E-state index contributed by atoms with van der Waals surface area (Å²) in [6, 6.07) is 2.36. The van der Waals surface area contributed by atoms with Gasteiger partial charge in [0.05, 0.1) is 10.7 Å². The molecule has 0 saturated carbocycles. The van der Waals surface area contributed by atoms with Crippen LogP contribution in [0.3, 0.4) is 0 Å². The average molecular weight is 379 g/mol. The zero-order chi connectivity index (χ0) is 18.8. The van der Waals surface area contributed by atoms with Crippen molar-refractivity contribution in [1.29, 1.82) is 0 Å². The summed E-state index contributed by atoms with van der Waals surface area (Å²) < 4.78 is 28.8. The summed E-state index contributed by atoms with van der Waals surface area (Å²) in [7, 11) is 0. The molecule has 1 aromatic carbocycles. The molecule has 4 nitrogen and oxygen atoms in total. The van der Waals surface area contributed by atoms with Crippen LogP contribution < -0.4 is 10.2 Å². The molecule has 1 aliphatic heterocycles. The van der Waals surface area contributed by atoms with Crippen molar-refractivity contribution in [3.63, 3.8) is 0 Å². The highest BCUT2D eigenvalue weighted by Crippen LogP contribution is 2.30. The van der Waals surface area contributed by atoms with Crippen molar-refractivity contribution in [2.75, 3.05) is 23.3 Å².